The fourth-order valence-electron chi connectivity index (χ4n) is 3.19. The van der Waals surface area contributed by atoms with Crippen LogP contribution in [0.2, 0.25) is 0 Å². The Bertz CT molecular complexity index is 294. The Kier molecular flexibility index (Phi) is 2.98. The first-order valence-electron chi connectivity index (χ1n) is 6.22. The van der Waals surface area contributed by atoms with Crippen LogP contribution < -0.4 is 0 Å². The summed E-state index contributed by atoms with van der Waals surface area (Å²) in [6.45, 7) is 2.23. The van der Waals surface area contributed by atoms with Gasteiger partial charge < -0.3 is 9.84 Å². The Morgan fingerprint density at radius 2 is 1.88 bits per heavy atom. The highest BCUT2D eigenvalue weighted by atomic mass is 16.5. The summed E-state index contributed by atoms with van der Waals surface area (Å²) >= 11 is 0. The maximum atomic E-state index is 10.6. The van der Waals surface area contributed by atoms with Crippen molar-refractivity contribution < 1.29 is 9.84 Å². The molecule has 0 saturated heterocycles. The molecule has 0 amide bonds. The van der Waals surface area contributed by atoms with Gasteiger partial charge in [-0.1, -0.05) is 6.92 Å². The molecule has 0 aromatic heterocycles. The molecule has 2 fully saturated rings. The minimum atomic E-state index is -0.789. The Morgan fingerprint density at radius 1 is 1.31 bits per heavy atom. The highest BCUT2D eigenvalue weighted by molar-refractivity contribution is 5.18. The molecule has 2 aliphatic carbocycles. The quantitative estimate of drug-likeness (QED) is 0.781. The van der Waals surface area contributed by atoms with Gasteiger partial charge in [-0.3, -0.25) is 0 Å². The smallest absolute Gasteiger partial charge is 0.0882 e. The summed E-state index contributed by atoms with van der Waals surface area (Å²) in [6, 6.07) is 2.42. The molecule has 0 aromatic rings. The highest BCUT2D eigenvalue weighted by Gasteiger charge is 2.58. The van der Waals surface area contributed by atoms with Crippen LogP contribution in [-0.4, -0.2) is 23.9 Å². The van der Waals surface area contributed by atoms with Crippen molar-refractivity contribution in [3.05, 3.63) is 0 Å². The van der Waals surface area contributed by atoms with E-state index < -0.39 is 11.0 Å². The van der Waals surface area contributed by atoms with Gasteiger partial charge in [0.2, 0.25) is 0 Å². The normalized spacial score (nSPS) is 48.1. The summed E-state index contributed by atoms with van der Waals surface area (Å²) in [6.07, 6.45) is 5.22. The molecule has 0 unspecified atom stereocenters. The van der Waals surface area contributed by atoms with Crippen molar-refractivity contribution >= 4 is 0 Å². The number of rotatable bonds is 2. The van der Waals surface area contributed by atoms with Crippen molar-refractivity contribution in [1.82, 2.24) is 0 Å². The van der Waals surface area contributed by atoms with Crippen molar-refractivity contribution in [1.29, 1.82) is 5.26 Å². The molecule has 2 aliphatic rings. The maximum absolute atomic E-state index is 10.6. The number of methoxy groups -OCH3 is 1. The minimum absolute atomic E-state index is 0.148. The number of aliphatic hydroxyl groups is 1. The van der Waals surface area contributed by atoms with Crippen LogP contribution in [0.25, 0.3) is 0 Å². The number of hydrogen-bond donors (Lipinski definition) is 1. The molecular formula is C13H21NO2. The minimum Gasteiger partial charge on any atom is -0.388 e. The van der Waals surface area contributed by atoms with E-state index in [0.29, 0.717) is 18.8 Å². The third-order valence-corrected chi connectivity index (χ3v) is 4.70. The van der Waals surface area contributed by atoms with E-state index in [0.717, 1.165) is 25.7 Å². The van der Waals surface area contributed by atoms with E-state index in [-0.39, 0.29) is 6.10 Å². The molecule has 2 saturated carbocycles. The van der Waals surface area contributed by atoms with Gasteiger partial charge in [-0.25, -0.2) is 0 Å². The van der Waals surface area contributed by atoms with Gasteiger partial charge in [-0.15, -0.1) is 0 Å². The summed E-state index contributed by atoms with van der Waals surface area (Å²) in [5.74, 6) is 0.698. The monoisotopic (exact) mass is 223 g/mol. The first-order valence-corrected chi connectivity index (χ1v) is 6.22. The number of ether oxygens (including phenoxy) is 1. The molecule has 3 nitrogen and oxygen atoms in total. The van der Waals surface area contributed by atoms with E-state index in [1.54, 1.807) is 7.11 Å². The van der Waals surface area contributed by atoms with Crippen molar-refractivity contribution in [3.8, 4) is 6.07 Å². The highest BCUT2D eigenvalue weighted by Crippen LogP contribution is 2.54. The molecular weight excluding hydrogens is 202 g/mol. The van der Waals surface area contributed by atoms with E-state index in [9.17, 15) is 10.4 Å². The number of nitrogens with zero attached hydrogens (tertiary/aromatic N) is 1. The van der Waals surface area contributed by atoms with Gasteiger partial charge in [0.25, 0.3) is 0 Å². The number of hydrogen-bond acceptors (Lipinski definition) is 3. The Hall–Kier alpha value is -0.590. The SMILES string of the molecule is COC1CC(O)(C2(C#N)CCC(C)CC2)C1. The molecule has 90 valence electrons. The fourth-order valence-corrected chi connectivity index (χ4v) is 3.19. The summed E-state index contributed by atoms with van der Waals surface area (Å²) in [4.78, 5) is 0. The molecule has 0 atom stereocenters. The van der Waals surface area contributed by atoms with Crippen molar-refractivity contribution in [3.63, 3.8) is 0 Å². The van der Waals surface area contributed by atoms with Gasteiger partial charge in [-0.2, -0.15) is 5.26 Å². The van der Waals surface area contributed by atoms with E-state index in [4.69, 9.17) is 4.74 Å². The second kappa shape index (κ2) is 4.01. The van der Waals surface area contributed by atoms with Gasteiger partial charge in [0.1, 0.15) is 0 Å². The third kappa shape index (κ3) is 1.65. The van der Waals surface area contributed by atoms with Crippen molar-refractivity contribution in [2.75, 3.05) is 7.11 Å². The largest absolute Gasteiger partial charge is 0.388 e. The lowest BCUT2D eigenvalue weighted by Crippen LogP contribution is -2.59. The topological polar surface area (TPSA) is 53.2 Å². The first-order chi connectivity index (χ1) is 7.55. The molecule has 0 spiro atoms. The fraction of sp³-hybridized carbons (Fsp3) is 0.923. The predicted molar refractivity (Wildman–Crippen MR) is 60.7 cm³/mol. The zero-order valence-corrected chi connectivity index (χ0v) is 10.2. The van der Waals surface area contributed by atoms with Crippen LogP contribution >= 0.6 is 0 Å². The van der Waals surface area contributed by atoms with Crippen LogP contribution in [-0.2, 0) is 4.74 Å². The average Bonchev–Trinajstić information content (AvgIpc) is 2.26. The average molecular weight is 223 g/mol. The molecule has 0 aromatic carbocycles. The van der Waals surface area contributed by atoms with Gasteiger partial charge in [0, 0.05) is 20.0 Å². The van der Waals surface area contributed by atoms with E-state index in [2.05, 4.69) is 13.0 Å². The summed E-state index contributed by atoms with van der Waals surface area (Å²) < 4.78 is 5.21. The molecule has 0 aliphatic heterocycles. The van der Waals surface area contributed by atoms with Crippen LogP contribution in [0.3, 0.4) is 0 Å². The van der Waals surface area contributed by atoms with E-state index in [1.165, 1.54) is 0 Å². The van der Waals surface area contributed by atoms with Gasteiger partial charge in [0.15, 0.2) is 0 Å². The zero-order valence-electron chi connectivity index (χ0n) is 10.2. The lowest BCUT2D eigenvalue weighted by Gasteiger charge is -2.54. The lowest BCUT2D eigenvalue weighted by atomic mass is 9.54. The van der Waals surface area contributed by atoms with Crippen LogP contribution in [0.1, 0.15) is 45.4 Å². The molecule has 0 bridgehead atoms. The molecule has 1 N–H and O–H groups in total. The Morgan fingerprint density at radius 3 is 2.31 bits per heavy atom. The molecule has 16 heavy (non-hydrogen) atoms. The van der Waals surface area contributed by atoms with Gasteiger partial charge >= 0.3 is 0 Å². The Labute approximate surface area is 97.4 Å². The van der Waals surface area contributed by atoms with Crippen molar-refractivity contribution in [2.24, 2.45) is 11.3 Å². The van der Waals surface area contributed by atoms with Crippen LogP contribution in [0.4, 0.5) is 0 Å². The lowest BCUT2D eigenvalue weighted by molar-refractivity contribution is -0.189. The van der Waals surface area contributed by atoms with Crippen molar-refractivity contribution in [2.45, 2.75) is 57.2 Å². The molecule has 0 heterocycles. The molecule has 0 radical (unpaired) electrons. The van der Waals surface area contributed by atoms with Gasteiger partial charge in [-0.05, 0) is 31.6 Å². The van der Waals surface area contributed by atoms with Crippen LogP contribution in [0, 0.1) is 22.7 Å². The third-order valence-electron chi connectivity index (χ3n) is 4.70. The van der Waals surface area contributed by atoms with Crippen LogP contribution in [0.15, 0.2) is 0 Å². The second-order valence-electron chi connectivity index (χ2n) is 5.67. The Balaban J connectivity index is 2.09. The molecule has 3 heteroatoms. The number of nitriles is 1. The van der Waals surface area contributed by atoms with E-state index in [1.807, 2.05) is 0 Å². The van der Waals surface area contributed by atoms with E-state index >= 15 is 0 Å². The second-order valence-corrected chi connectivity index (χ2v) is 5.67. The van der Waals surface area contributed by atoms with Crippen LogP contribution in [0.5, 0.6) is 0 Å². The zero-order chi connectivity index (χ0) is 11.8. The first kappa shape index (κ1) is 11.9. The predicted octanol–water partition coefficient (Wildman–Crippen LogP) is 2.25. The maximum Gasteiger partial charge on any atom is 0.0882 e. The standard InChI is InChI=1S/C13H21NO2/c1-10-3-5-12(9-14,6-4-10)13(15)7-11(8-13)16-2/h10-11,15H,3-8H2,1-2H3. The summed E-state index contributed by atoms with van der Waals surface area (Å²) in [5, 5.41) is 20.0. The van der Waals surface area contributed by atoms with Gasteiger partial charge in [0.05, 0.1) is 23.2 Å². The summed E-state index contributed by atoms with van der Waals surface area (Å²) in [7, 11) is 1.67. The molecule has 2 rings (SSSR count). The summed E-state index contributed by atoms with van der Waals surface area (Å²) in [5.41, 5.74) is -1.29.